The van der Waals surface area contributed by atoms with Crippen LogP contribution in [0.4, 0.5) is 0 Å². The smallest absolute Gasteiger partial charge is 0.142 e. The predicted molar refractivity (Wildman–Crippen MR) is 70.7 cm³/mol. The lowest BCUT2D eigenvalue weighted by Crippen LogP contribution is -2.17. The van der Waals surface area contributed by atoms with E-state index < -0.39 is 6.04 Å². The minimum atomic E-state index is -0.518. The molecular weight excluding hydrogens is 282 g/mol. The minimum Gasteiger partial charge on any atom is -0.299 e. The molecule has 0 aliphatic heterocycles. The number of azide groups is 1. The van der Waals surface area contributed by atoms with Crippen LogP contribution in [0.25, 0.3) is 10.4 Å². The zero-order valence-electron chi connectivity index (χ0n) is 9.64. The molecule has 0 aliphatic rings. The zero-order valence-corrected chi connectivity index (χ0v) is 11.2. The van der Waals surface area contributed by atoms with Gasteiger partial charge in [0.15, 0.2) is 0 Å². The van der Waals surface area contributed by atoms with E-state index in [2.05, 4.69) is 26.0 Å². The van der Waals surface area contributed by atoms with Gasteiger partial charge in [-0.25, -0.2) is 0 Å². The van der Waals surface area contributed by atoms with Crippen LogP contribution in [0.2, 0.25) is 0 Å². The molecular formula is C12H14BrN3O. The number of ketones is 1. The van der Waals surface area contributed by atoms with Crippen LogP contribution in [-0.2, 0) is 11.2 Å². The summed E-state index contributed by atoms with van der Waals surface area (Å²) in [6, 6.07) is 7.34. The van der Waals surface area contributed by atoms with E-state index in [1.807, 2.05) is 31.2 Å². The second-order valence-electron chi connectivity index (χ2n) is 3.72. The van der Waals surface area contributed by atoms with Gasteiger partial charge in [0.25, 0.3) is 0 Å². The number of aryl methyl sites for hydroxylation is 1. The van der Waals surface area contributed by atoms with Crippen LogP contribution in [0.15, 0.2) is 33.9 Å². The van der Waals surface area contributed by atoms with Crippen LogP contribution in [0.1, 0.15) is 25.3 Å². The summed E-state index contributed by atoms with van der Waals surface area (Å²) < 4.78 is 1.02. The fraction of sp³-hybridized carbons (Fsp3) is 0.417. The van der Waals surface area contributed by atoms with Crippen molar-refractivity contribution in [3.8, 4) is 0 Å². The molecule has 1 aromatic rings. The Labute approximate surface area is 109 Å². The highest BCUT2D eigenvalue weighted by molar-refractivity contribution is 9.10. The van der Waals surface area contributed by atoms with E-state index in [0.29, 0.717) is 19.3 Å². The fourth-order valence-electron chi connectivity index (χ4n) is 1.52. The molecule has 4 nitrogen and oxygen atoms in total. The summed E-state index contributed by atoms with van der Waals surface area (Å²) in [7, 11) is 0. The number of halogens is 1. The largest absolute Gasteiger partial charge is 0.299 e. The van der Waals surface area contributed by atoms with Crippen LogP contribution in [0, 0.1) is 0 Å². The average Bonchev–Trinajstić information content (AvgIpc) is 2.35. The first-order chi connectivity index (χ1) is 8.17. The molecule has 17 heavy (non-hydrogen) atoms. The van der Waals surface area contributed by atoms with Gasteiger partial charge in [-0.1, -0.05) is 40.1 Å². The number of hydrogen-bond donors (Lipinski definition) is 0. The summed E-state index contributed by atoms with van der Waals surface area (Å²) in [5, 5.41) is 3.49. The lowest BCUT2D eigenvalue weighted by Gasteiger charge is -2.06. The molecule has 1 atom stereocenters. The molecule has 1 aromatic carbocycles. The van der Waals surface area contributed by atoms with Gasteiger partial charge in [-0.05, 0) is 36.1 Å². The SMILES string of the molecule is CC[C@@H](N=[N+]=[N-])C(=O)CCc1ccc(Br)cc1. The summed E-state index contributed by atoms with van der Waals surface area (Å²) in [5.74, 6) is 0.00761. The monoisotopic (exact) mass is 295 g/mol. The van der Waals surface area contributed by atoms with Gasteiger partial charge in [-0.2, -0.15) is 0 Å². The molecule has 0 saturated carbocycles. The third kappa shape index (κ3) is 4.59. The Morgan fingerprint density at radius 3 is 2.65 bits per heavy atom. The van der Waals surface area contributed by atoms with Gasteiger partial charge in [0.2, 0.25) is 0 Å². The van der Waals surface area contributed by atoms with Crippen molar-refractivity contribution >= 4 is 21.7 Å². The zero-order chi connectivity index (χ0) is 12.7. The predicted octanol–water partition coefficient (Wildman–Crippen LogP) is 4.04. The summed E-state index contributed by atoms with van der Waals surface area (Å²) >= 11 is 3.36. The van der Waals surface area contributed by atoms with E-state index in [0.717, 1.165) is 10.0 Å². The number of Topliss-reactive ketones (excluding diaryl/α,β-unsaturated/α-hetero) is 1. The summed E-state index contributed by atoms with van der Waals surface area (Å²) in [4.78, 5) is 14.4. The molecule has 0 aromatic heterocycles. The molecule has 5 heteroatoms. The first-order valence-corrected chi connectivity index (χ1v) is 6.28. The number of rotatable bonds is 6. The van der Waals surface area contributed by atoms with Crippen molar-refractivity contribution in [3.63, 3.8) is 0 Å². The minimum absolute atomic E-state index is 0.00761. The van der Waals surface area contributed by atoms with E-state index in [9.17, 15) is 4.79 Å². The third-order valence-electron chi connectivity index (χ3n) is 2.52. The average molecular weight is 296 g/mol. The number of carbonyl (C=O) groups excluding carboxylic acids is 1. The van der Waals surface area contributed by atoms with Crippen LogP contribution in [0.5, 0.6) is 0 Å². The standard InChI is InChI=1S/C12H14BrN3O/c1-2-11(15-16-14)12(17)8-5-9-3-6-10(13)7-4-9/h3-4,6-7,11H,2,5,8H2,1H3/t11-/m1/s1. The van der Waals surface area contributed by atoms with E-state index in [1.54, 1.807) is 0 Å². The quantitative estimate of drug-likeness (QED) is 0.444. The molecule has 0 spiro atoms. The second-order valence-corrected chi connectivity index (χ2v) is 4.64. The van der Waals surface area contributed by atoms with Crippen molar-refractivity contribution in [3.05, 3.63) is 44.7 Å². The van der Waals surface area contributed by atoms with Crippen LogP contribution in [-0.4, -0.2) is 11.8 Å². The summed E-state index contributed by atoms with van der Waals surface area (Å²) in [6.45, 7) is 1.84. The molecule has 0 saturated heterocycles. The highest BCUT2D eigenvalue weighted by Crippen LogP contribution is 2.13. The maximum absolute atomic E-state index is 11.7. The van der Waals surface area contributed by atoms with Gasteiger partial charge in [0, 0.05) is 15.8 Å². The molecule has 0 unspecified atom stereocenters. The maximum atomic E-state index is 11.7. The van der Waals surface area contributed by atoms with Crippen molar-refractivity contribution in [2.24, 2.45) is 5.11 Å². The first-order valence-electron chi connectivity index (χ1n) is 5.48. The Kier molecular flexibility index (Phi) is 5.73. The molecule has 1 rings (SSSR count). The van der Waals surface area contributed by atoms with E-state index >= 15 is 0 Å². The van der Waals surface area contributed by atoms with E-state index in [1.165, 1.54) is 0 Å². The number of nitrogens with zero attached hydrogens (tertiary/aromatic N) is 3. The molecule has 0 aliphatic carbocycles. The van der Waals surface area contributed by atoms with Gasteiger partial charge < -0.3 is 0 Å². The Balaban J connectivity index is 2.52. The molecule has 0 heterocycles. The van der Waals surface area contributed by atoms with Crippen molar-refractivity contribution in [1.82, 2.24) is 0 Å². The Hall–Kier alpha value is -1.32. The topological polar surface area (TPSA) is 65.8 Å². The van der Waals surface area contributed by atoms with Gasteiger partial charge >= 0.3 is 0 Å². The molecule has 0 amide bonds. The number of hydrogen-bond acceptors (Lipinski definition) is 2. The molecule has 90 valence electrons. The van der Waals surface area contributed by atoms with Gasteiger partial charge in [-0.3, -0.25) is 4.79 Å². The number of benzene rings is 1. The van der Waals surface area contributed by atoms with Crippen LogP contribution < -0.4 is 0 Å². The van der Waals surface area contributed by atoms with Crippen LogP contribution in [0.3, 0.4) is 0 Å². The van der Waals surface area contributed by atoms with Gasteiger partial charge in [0.05, 0.1) is 6.04 Å². The van der Waals surface area contributed by atoms with Crippen molar-refractivity contribution in [2.45, 2.75) is 32.2 Å². The molecule has 0 fully saturated rings. The molecule has 0 radical (unpaired) electrons. The summed E-state index contributed by atoms with van der Waals surface area (Å²) in [5.41, 5.74) is 9.44. The Bertz CT molecular complexity index is 424. The van der Waals surface area contributed by atoms with E-state index in [-0.39, 0.29) is 5.78 Å². The third-order valence-corrected chi connectivity index (χ3v) is 3.05. The first kappa shape index (κ1) is 13.7. The summed E-state index contributed by atoms with van der Waals surface area (Å²) in [6.07, 6.45) is 1.66. The fourth-order valence-corrected chi connectivity index (χ4v) is 1.79. The maximum Gasteiger partial charge on any atom is 0.142 e. The second kappa shape index (κ2) is 7.09. The van der Waals surface area contributed by atoms with Crippen LogP contribution >= 0.6 is 15.9 Å². The lowest BCUT2D eigenvalue weighted by molar-refractivity contribution is -0.120. The van der Waals surface area contributed by atoms with Gasteiger partial charge in [0.1, 0.15) is 5.78 Å². The van der Waals surface area contributed by atoms with Crippen molar-refractivity contribution in [1.29, 1.82) is 0 Å². The van der Waals surface area contributed by atoms with E-state index in [4.69, 9.17) is 5.53 Å². The molecule has 0 N–H and O–H groups in total. The highest BCUT2D eigenvalue weighted by atomic mass is 79.9. The normalized spacial score (nSPS) is 11.6. The van der Waals surface area contributed by atoms with Crippen molar-refractivity contribution < 1.29 is 4.79 Å². The Morgan fingerprint density at radius 2 is 2.12 bits per heavy atom. The Morgan fingerprint density at radius 1 is 1.47 bits per heavy atom. The van der Waals surface area contributed by atoms with Gasteiger partial charge in [-0.15, -0.1) is 0 Å². The number of carbonyl (C=O) groups is 1. The highest BCUT2D eigenvalue weighted by Gasteiger charge is 2.13. The van der Waals surface area contributed by atoms with Crippen molar-refractivity contribution in [2.75, 3.05) is 0 Å². The molecule has 0 bridgehead atoms. The lowest BCUT2D eigenvalue weighted by atomic mass is 10.0.